The molecule has 0 saturated heterocycles. The highest BCUT2D eigenvalue weighted by atomic mass is 31.1. The third-order valence-electron chi connectivity index (χ3n) is 3.46. The smallest absolute Gasteiger partial charge is 0.346 e. The van der Waals surface area contributed by atoms with Crippen molar-refractivity contribution in [2.75, 3.05) is 18.5 Å². The minimum Gasteiger partial charge on any atom is -0.390 e. The second-order valence-electron chi connectivity index (χ2n) is 5.27. The molecule has 0 aromatic heterocycles. The van der Waals surface area contributed by atoms with Gasteiger partial charge in [-0.15, -0.1) is 7.92 Å². The number of rotatable bonds is 4. The summed E-state index contributed by atoms with van der Waals surface area (Å²) in [6.07, 6.45) is 4.26. The molecule has 1 rings (SSSR count). The molecule has 0 fully saturated rings. The zero-order valence-corrected chi connectivity index (χ0v) is 15.8. The van der Waals surface area contributed by atoms with E-state index in [1.807, 2.05) is 32.9 Å². The predicted molar refractivity (Wildman–Crippen MR) is 95.3 cm³/mol. The molecular weight excluding hydrogens is 295 g/mol. The Kier molecular flexibility index (Phi) is 9.93. The van der Waals surface area contributed by atoms with Crippen LogP contribution in [0.15, 0.2) is 12.1 Å². The van der Waals surface area contributed by atoms with Crippen LogP contribution in [-0.2, 0) is 9.53 Å². The first-order chi connectivity index (χ1) is 10.3. The van der Waals surface area contributed by atoms with Crippen LogP contribution in [0.3, 0.4) is 0 Å². The van der Waals surface area contributed by atoms with Gasteiger partial charge >= 0.3 is 11.9 Å². The molecule has 0 heterocycles. The number of carbonyl (C=O) groups excluding carboxylic acids is 2. The van der Waals surface area contributed by atoms with Gasteiger partial charge in [-0.25, -0.2) is 4.79 Å². The summed E-state index contributed by atoms with van der Waals surface area (Å²) in [7, 11) is 0.446. The van der Waals surface area contributed by atoms with Crippen molar-refractivity contribution < 1.29 is 14.3 Å². The van der Waals surface area contributed by atoms with E-state index in [2.05, 4.69) is 25.5 Å². The number of benzene rings is 1. The molecule has 3 nitrogen and oxygen atoms in total. The van der Waals surface area contributed by atoms with Crippen LogP contribution in [-0.4, -0.2) is 30.4 Å². The van der Waals surface area contributed by atoms with Crippen molar-refractivity contribution >= 4 is 19.9 Å². The lowest BCUT2D eigenvalue weighted by Gasteiger charge is -2.08. The molecule has 4 heteroatoms. The summed E-state index contributed by atoms with van der Waals surface area (Å²) < 4.78 is 4.56. The Balaban J connectivity index is 0.000000534. The van der Waals surface area contributed by atoms with Crippen molar-refractivity contribution in [3.63, 3.8) is 0 Å². The second kappa shape index (κ2) is 10.5. The van der Waals surface area contributed by atoms with Gasteiger partial charge in [0, 0.05) is 6.92 Å². The average Bonchev–Trinajstić information content (AvgIpc) is 2.39. The third kappa shape index (κ3) is 7.17. The van der Waals surface area contributed by atoms with Crippen molar-refractivity contribution in [1.82, 2.24) is 0 Å². The highest BCUT2D eigenvalue weighted by Gasteiger charge is 2.15. The van der Waals surface area contributed by atoms with E-state index < -0.39 is 11.9 Å². The van der Waals surface area contributed by atoms with Crippen LogP contribution in [0, 0.1) is 20.8 Å². The van der Waals surface area contributed by atoms with Crippen LogP contribution in [0.5, 0.6) is 0 Å². The van der Waals surface area contributed by atoms with E-state index in [4.69, 9.17) is 0 Å². The SMILES string of the molecule is CC(=O)OC(=O)c1c(C)cc(C)cc1C.CCP(CC)CC. The molecule has 22 heavy (non-hydrogen) atoms. The molecule has 0 radical (unpaired) electrons. The Hall–Kier alpha value is -1.21. The van der Waals surface area contributed by atoms with Gasteiger partial charge in [0.2, 0.25) is 0 Å². The summed E-state index contributed by atoms with van der Waals surface area (Å²) in [6, 6.07) is 3.79. The van der Waals surface area contributed by atoms with Gasteiger partial charge in [-0.1, -0.05) is 38.5 Å². The second-order valence-corrected chi connectivity index (χ2v) is 8.51. The van der Waals surface area contributed by atoms with Gasteiger partial charge in [-0.2, -0.15) is 0 Å². The van der Waals surface area contributed by atoms with E-state index in [1.54, 1.807) is 0 Å². The number of hydrogen-bond donors (Lipinski definition) is 0. The van der Waals surface area contributed by atoms with Crippen molar-refractivity contribution in [2.24, 2.45) is 0 Å². The number of aryl methyl sites for hydroxylation is 3. The first-order valence-electron chi connectivity index (χ1n) is 7.79. The molecule has 0 amide bonds. The van der Waals surface area contributed by atoms with Gasteiger partial charge < -0.3 is 4.74 Å². The number of esters is 2. The van der Waals surface area contributed by atoms with Crippen LogP contribution in [0.25, 0.3) is 0 Å². The van der Waals surface area contributed by atoms with Crippen molar-refractivity contribution in [2.45, 2.75) is 48.5 Å². The average molecular weight is 324 g/mol. The fourth-order valence-corrected chi connectivity index (χ4v) is 3.70. The molecule has 0 aliphatic heterocycles. The van der Waals surface area contributed by atoms with Crippen LogP contribution >= 0.6 is 7.92 Å². The van der Waals surface area contributed by atoms with Crippen molar-refractivity contribution in [3.05, 3.63) is 34.4 Å². The zero-order chi connectivity index (χ0) is 17.3. The summed E-state index contributed by atoms with van der Waals surface area (Å²) in [5.74, 6) is -1.16. The first kappa shape index (κ1) is 20.8. The van der Waals surface area contributed by atoms with E-state index in [0.29, 0.717) is 13.5 Å². The molecule has 0 saturated carbocycles. The molecule has 0 N–H and O–H groups in total. The molecular formula is C18H29O3P. The van der Waals surface area contributed by atoms with Crippen LogP contribution in [0.2, 0.25) is 0 Å². The Morgan fingerprint density at radius 1 is 0.955 bits per heavy atom. The minimum atomic E-state index is -0.584. The molecule has 0 unspecified atom stereocenters. The molecule has 1 aromatic rings. The number of ether oxygens (including phenoxy) is 1. The molecule has 0 bridgehead atoms. The van der Waals surface area contributed by atoms with Crippen molar-refractivity contribution in [3.8, 4) is 0 Å². The maximum Gasteiger partial charge on any atom is 0.346 e. The van der Waals surface area contributed by atoms with E-state index in [0.717, 1.165) is 16.7 Å². The van der Waals surface area contributed by atoms with Gasteiger partial charge in [-0.05, 0) is 50.4 Å². The van der Waals surface area contributed by atoms with Crippen molar-refractivity contribution in [1.29, 1.82) is 0 Å². The topological polar surface area (TPSA) is 43.4 Å². The molecule has 124 valence electrons. The summed E-state index contributed by atoms with van der Waals surface area (Å²) in [6.45, 7) is 13.7. The van der Waals surface area contributed by atoms with E-state index in [-0.39, 0.29) is 0 Å². The highest BCUT2D eigenvalue weighted by molar-refractivity contribution is 7.57. The fourth-order valence-electron chi connectivity index (χ4n) is 2.35. The predicted octanol–water partition coefficient (Wildman–Crippen LogP) is 4.84. The maximum absolute atomic E-state index is 11.6. The summed E-state index contributed by atoms with van der Waals surface area (Å²) in [5.41, 5.74) is 3.23. The fraction of sp³-hybridized carbons (Fsp3) is 0.556. The number of hydrogen-bond acceptors (Lipinski definition) is 3. The summed E-state index contributed by atoms with van der Waals surface area (Å²) >= 11 is 0. The molecule has 0 aliphatic carbocycles. The van der Waals surface area contributed by atoms with E-state index in [9.17, 15) is 9.59 Å². The molecule has 0 aliphatic rings. The van der Waals surface area contributed by atoms with Crippen LogP contribution in [0.4, 0.5) is 0 Å². The lowest BCUT2D eigenvalue weighted by molar-refractivity contribution is -0.135. The van der Waals surface area contributed by atoms with Gasteiger partial charge in [0.1, 0.15) is 0 Å². The summed E-state index contributed by atoms with van der Waals surface area (Å²) in [5, 5.41) is 0. The normalized spacial score (nSPS) is 10.0. The number of carbonyl (C=O) groups is 2. The Morgan fingerprint density at radius 3 is 1.64 bits per heavy atom. The van der Waals surface area contributed by atoms with Gasteiger partial charge in [-0.3, -0.25) is 4.79 Å². The first-order valence-corrected chi connectivity index (χ1v) is 9.69. The maximum atomic E-state index is 11.6. The third-order valence-corrected chi connectivity index (χ3v) is 6.14. The van der Waals surface area contributed by atoms with E-state index >= 15 is 0 Å². The van der Waals surface area contributed by atoms with Gasteiger partial charge in [0.15, 0.2) is 0 Å². The highest BCUT2D eigenvalue weighted by Crippen LogP contribution is 2.32. The van der Waals surface area contributed by atoms with E-state index in [1.165, 1.54) is 25.4 Å². The molecule has 0 spiro atoms. The van der Waals surface area contributed by atoms with Crippen LogP contribution in [0.1, 0.15) is 54.7 Å². The quantitative estimate of drug-likeness (QED) is 0.452. The largest absolute Gasteiger partial charge is 0.390 e. The molecule has 1 aromatic carbocycles. The zero-order valence-electron chi connectivity index (χ0n) is 14.9. The molecule has 0 atom stereocenters. The van der Waals surface area contributed by atoms with Crippen LogP contribution < -0.4 is 0 Å². The Labute approximate surface area is 136 Å². The Bertz CT molecular complexity index is 477. The lowest BCUT2D eigenvalue weighted by Crippen LogP contribution is -2.12. The standard InChI is InChI=1S/C12H14O3.C6H15P/c1-7-5-8(2)11(9(3)6-7)12(14)15-10(4)13;1-4-7(5-2)6-3/h5-6H,1-4H3;4-6H2,1-3H3. The monoisotopic (exact) mass is 324 g/mol. The lowest BCUT2D eigenvalue weighted by atomic mass is 10.00. The Morgan fingerprint density at radius 2 is 1.36 bits per heavy atom. The minimum absolute atomic E-state index is 0.446. The van der Waals surface area contributed by atoms with Gasteiger partial charge in [0.25, 0.3) is 0 Å². The van der Waals surface area contributed by atoms with Gasteiger partial charge in [0.05, 0.1) is 5.56 Å². The summed E-state index contributed by atoms with van der Waals surface area (Å²) in [4.78, 5) is 22.2.